The Morgan fingerprint density at radius 2 is 1.63 bits per heavy atom. The van der Waals surface area contributed by atoms with Crippen LogP contribution >= 0.6 is 11.6 Å². The van der Waals surface area contributed by atoms with E-state index >= 15 is 0 Å². The lowest BCUT2D eigenvalue weighted by Crippen LogP contribution is -2.47. The van der Waals surface area contributed by atoms with Gasteiger partial charge in [0, 0.05) is 67.7 Å². The molecule has 2 aliphatic heterocycles. The molecule has 4 rings (SSSR count). The Hall–Kier alpha value is -2.14. The first-order valence-electron chi connectivity index (χ1n) is 10.6. The topological polar surface area (TPSA) is 26.8 Å². The number of rotatable bonds is 5. The summed E-state index contributed by atoms with van der Waals surface area (Å²) in [5.74, 6) is 0.184. The van der Waals surface area contributed by atoms with Gasteiger partial charge in [-0.05, 0) is 29.3 Å². The maximum atomic E-state index is 12.9. The van der Waals surface area contributed by atoms with Crippen molar-refractivity contribution in [3.8, 4) is 0 Å². The zero-order chi connectivity index (χ0) is 21.3. The van der Waals surface area contributed by atoms with Crippen LogP contribution in [0, 0.1) is 0 Å². The smallest absolute Gasteiger partial charge is 0.171 e. The van der Waals surface area contributed by atoms with E-state index < -0.39 is 0 Å². The van der Waals surface area contributed by atoms with Gasteiger partial charge in [0.1, 0.15) is 0 Å². The lowest BCUT2D eigenvalue weighted by molar-refractivity contribution is -0.116. The lowest BCUT2D eigenvalue weighted by atomic mass is 9.83. The van der Waals surface area contributed by atoms with E-state index in [0.29, 0.717) is 6.54 Å². The summed E-state index contributed by atoms with van der Waals surface area (Å²) in [5, 5.41) is 0.774. The summed E-state index contributed by atoms with van der Waals surface area (Å²) in [6.07, 6.45) is 1.86. The van der Waals surface area contributed by atoms with E-state index in [2.05, 4.69) is 72.0 Å². The standard InChI is InChI=1S/C25H30ClN3O/c1-25(2)22-6-4-5-7-23(22)27(3)24(25)16-21(30)18-29-14-12-28(13-15-29)17-19-8-10-20(26)11-9-19/h4-11,16H,12-15,17-18H2,1-3H3. The number of hydrogen-bond acceptors (Lipinski definition) is 4. The van der Waals surface area contributed by atoms with Gasteiger partial charge in [-0.15, -0.1) is 0 Å². The summed E-state index contributed by atoms with van der Waals surface area (Å²) in [4.78, 5) is 19.8. The monoisotopic (exact) mass is 423 g/mol. The number of piperazine rings is 1. The zero-order valence-electron chi connectivity index (χ0n) is 18.1. The molecule has 0 aromatic heterocycles. The van der Waals surface area contributed by atoms with E-state index in [1.807, 2.05) is 18.2 Å². The van der Waals surface area contributed by atoms with Crippen molar-refractivity contribution in [2.75, 3.05) is 44.7 Å². The lowest BCUT2D eigenvalue weighted by Gasteiger charge is -2.34. The van der Waals surface area contributed by atoms with E-state index in [1.54, 1.807) is 0 Å². The summed E-state index contributed by atoms with van der Waals surface area (Å²) in [6, 6.07) is 16.5. The molecule has 0 saturated carbocycles. The van der Waals surface area contributed by atoms with Crippen molar-refractivity contribution < 1.29 is 4.79 Å². The number of carbonyl (C=O) groups is 1. The van der Waals surface area contributed by atoms with Gasteiger partial charge in [-0.25, -0.2) is 0 Å². The number of allylic oxidation sites excluding steroid dienone is 1. The van der Waals surface area contributed by atoms with Crippen LogP contribution < -0.4 is 4.90 Å². The number of likely N-dealkylation sites (N-methyl/N-ethyl adjacent to an activating group) is 1. The largest absolute Gasteiger partial charge is 0.347 e. The van der Waals surface area contributed by atoms with E-state index in [0.717, 1.165) is 43.4 Å². The van der Waals surface area contributed by atoms with Crippen LogP contribution in [0.25, 0.3) is 0 Å². The second-order valence-corrected chi connectivity index (χ2v) is 9.31. The van der Waals surface area contributed by atoms with E-state index in [1.165, 1.54) is 16.8 Å². The first-order valence-corrected chi connectivity index (χ1v) is 11.0. The van der Waals surface area contributed by atoms with Gasteiger partial charge >= 0.3 is 0 Å². The fourth-order valence-corrected chi connectivity index (χ4v) is 4.76. The normalized spacial score (nSPS) is 20.5. The van der Waals surface area contributed by atoms with Crippen molar-refractivity contribution in [1.82, 2.24) is 9.80 Å². The highest BCUT2D eigenvalue weighted by Gasteiger charge is 2.38. The van der Waals surface area contributed by atoms with E-state index in [-0.39, 0.29) is 11.2 Å². The van der Waals surface area contributed by atoms with Gasteiger partial charge in [-0.1, -0.05) is 55.8 Å². The van der Waals surface area contributed by atoms with Crippen LogP contribution in [-0.2, 0) is 16.8 Å². The fourth-order valence-electron chi connectivity index (χ4n) is 4.63. The Morgan fingerprint density at radius 1 is 1.00 bits per heavy atom. The first kappa shape index (κ1) is 21.1. The highest BCUT2D eigenvalue weighted by atomic mass is 35.5. The molecule has 2 aliphatic rings. The molecule has 2 heterocycles. The number of nitrogens with zero attached hydrogens (tertiary/aromatic N) is 3. The Morgan fingerprint density at radius 3 is 2.30 bits per heavy atom. The third kappa shape index (κ3) is 4.31. The average molecular weight is 424 g/mol. The van der Waals surface area contributed by atoms with Crippen LogP contribution in [-0.4, -0.2) is 55.4 Å². The Kier molecular flexibility index (Phi) is 6.01. The van der Waals surface area contributed by atoms with Gasteiger partial charge in [-0.2, -0.15) is 0 Å². The number of carbonyl (C=O) groups excluding carboxylic acids is 1. The number of hydrogen-bond donors (Lipinski definition) is 0. The molecular formula is C25H30ClN3O. The molecule has 0 unspecified atom stereocenters. The van der Waals surface area contributed by atoms with Gasteiger partial charge in [0.2, 0.25) is 0 Å². The molecule has 4 nitrogen and oxygen atoms in total. The highest BCUT2D eigenvalue weighted by molar-refractivity contribution is 6.30. The number of para-hydroxylation sites is 1. The maximum Gasteiger partial charge on any atom is 0.171 e. The Labute approximate surface area is 184 Å². The molecule has 0 N–H and O–H groups in total. The van der Waals surface area contributed by atoms with Crippen molar-refractivity contribution >= 4 is 23.1 Å². The Balaban J connectivity index is 1.34. The molecule has 0 bridgehead atoms. The maximum absolute atomic E-state index is 12.9. The number of anilines is 1. The van der Waals surface area contributed by atoms with Gasteiger partial charge < -0.3 is 4.90 Å². The van der Waals surface area contributed by atoms with Crippen LogP contribution in [0.4, 0.5) is 5.69 Å². The second kappa shape index (κ2) is 8.54. The minimum atomic E-state index is -0.154. The first-order chi connectivity index (χ1) is 14.3. The molecule has 1 saturated heterocycles. The molecule has 2 aromatic carbocycles. The van der Waals surface area contributed by atoms with Gasteiger partial charge in [-0.3, -0.25) is 14.6 Å². The SMILES string of the molecule is CN1C(=CC(=O)CN2CCN(Cc3ccc(Cl)cc3)CC2)C(C)(C)c2ccccc21. The van der Waals surface area contributed by atoms with Gasteiger partial charge in [0.15, 0.2) is 5.78 Å². The van der Waals surface area contributed by atoms with Crippen molar-refractivity contribution in [1.29, 1.82) is 0 Å². The third-order valence-electron chi connectivity index (χ3n) is 6.40. The molecule has 0 amide bonds. The predicted molar refractivity (Wildman–Crippen MR) is 124 cm³/mol. The minimum absolute atomic E-state index is 0.154. The molecule has 158 valence electrons. The molecule has 2 aromatic rings. The van der Waals surface area contributed by atoms with Crippen LogP contribution in [0.5, 0.6) is 0 Å². The van der Waals surface area contributed by atoms with Gasteiger partial charge in [0.25, 0.3) is 0 Å². The highest BCUT2D eigenvalue weighted by Crippen LogP contribution is 2.46. The van der Waals surface area contributed by atoms with Crippen LogP contribution in [0.3, 0.4) is 0 Å². The average Bonchev–Trinajstić information content (AvgIpc) is 2.92. The van der Waals surface area contributed by atoms with Gasteiger partial charge in [0.05, 0.1) is 6.54 Å². The molecule has 0 aliphatic carbocycles. The predicted octanol–water partition coefficient (Wildman–Crippen LogP) is 4.34. The number of benzene rings is 2. The number of halogens is 1. The van der Waals surface area contributed by atoms with Crippen LogP contribution in [0.15, 0.2) is 60.3 Å². The summed E-state index contributed by atoms with van der Waals surface area (Å²) < 4.78 is 0. The number of fused-ring (bicyclic) bond motifs is 1. The third-order valence-corrected chi connectivity index (χ3v) is 6.65. The molecule has 30 heavy (non-hydrogen) atoms. The van der Waals surface area contributed by atoms with Crippen molar-refractivity contribution in [2.24, 2.45) is 0 Å². The molecule has 1 fully saturated rings. The van der Waals surface area contributed by atoms with Crippen molar-refractivity contribution in [3.63, 3.8) is 0 Å². The second-order valence-electron chi connectivity index (χ2n) is 8.88. The molecule has 0 atom stereocenters. The number of ketones is 1. The summed E-state index contributed by atoms with van der Waals surface area (Å²) in [7, 11) is 2.06. The quantitative estimate of drug-likeness (QED) is 0.668. The summed E-state index contributed by atoms with van der Waals surface area (Å²) >= 11 is 5.98. The fraction of sp³-hybridized carbons (Fsp3) is 0.400. The van der Waals surface area contributed by atoms with Crippen molar-refractivity contribution in [2.45, 2.75) is 25.8 Å². The minimum Gasteiger partial charge on any atom is -0.347 e. The van der Waals surface area contributed by atoms with Crippen LogP contribution in [0.1, 0.15) is 25.0 Å². The molecule has 5 heteroatoms. The summed E-state index contributed by atoms with van der Waals surface area (Å²) in [5.41, 5.74) is 4.67. The zero-order valence-corrected chi connectivity index (χ0v) is 18.8. The van der Waals surface area contributed by atoms with E-state index in [4.69, 9.17) is 11.6 Å². The van der Waals surface area contributed by atoms with Crippen LogP contribution in [0.2, 0.25) is 5.02 Å². The van der Waals surface area contributed by atoms with E-state index in [9.17, 15) is 4.79 Å². The molecular weight excluding hydrogens is 394 g/mol. The Bertz CT molecular complexity index is 943. The molecule has 0 radical (unpaired) electrons. The molecule has 0 spiro atoms. The summed E-state index contributed by atoms with van der Waals surface area (Å²) in [6.45, 7) is 9.60. The van der Waals surface area contributed by atoms with Crippen molar-refractivity contribution in [3.05, 3.63) is 76.5 Å².